The van der Waals surface area contributed by atoms with Gasteiger partial charge in [-0.1, -0.05) is 15.9 Å². The van der Waals surface area contributed by atoms with Crippen molar-refractivity contribution in [1.29, 1.82) is 0 Å². The summed E-state index contributed by atoms with van der Waals surface area (Å²) in [5.74, 6) is -0.252. The van der Waals surface area contributed by atoms with E-state index in [1.54, 1.807) is 31.3 Å². The number of benzene rings is 1. The average molecular weight is 288 g/mol. The molecule has 1 amide bonds. The van der Waals surface area contributed by atoms with E-state index < -0.39 is 0 Å². The van der Waals surface area contributed by atoms with E-state index >= 15 is 0 Å². The fourth-order valence-corrected chi connectivity index (χ4v) is 1.18. The second-order valence-electron chi connectivity index (χ2n) is 2.85. The van der Waals surface area contributed by atoms with Crippen molar-refractivity contribution in [2.24, 2.45) is 5.73 Å². The van der Waals surface area contributed by atoms with Crippen LogP contribution in [0.3, 0.4) is 0 Å². The van der Waals surface area contributed by atoms with Gasteiger partial charge >= 0.3 is 0 Å². The molecule has 0 aliphatic carbocycles. The van der Waals surface area contributed by atoms with Crippen LogP contribution < -0.4 is 11.2 Å². The van der Waals surface area contributed by atoms with Crippen LogP contribution in [0.5, 0.6) is 0 Å². The molecule has 1 aromatic rings. The third kappa shape index (κ3) is 3.49. The van der Waals surface area contributed by atoms with E-state index in [9.17, 15) is 4.79 Å². The summed E-state index contributed by atoms with van der Waals surface area (Å²) >= 11 is 7.97. The second kappa shape index (κ2) is 5.09. The van der Waals surface area contributed by atoms with Gasteiger partial charge in [0, 0.05) is 17.1 Å². The highest BCUT2D eigenvalue weighted by atomic mass is 79.9. The molecule has 3 N–H and O–H groups in total. The summed E-state index contributed by atoms with van der Waals surface area (Å²) in [6.07, 6.45) is 0. The smallest absolute Gasteiger partial charge is 0.269 e. The molecule has 1 aromatic carbocycles. The molecule has 15 heavy (non-hydrogen) atoms. The molecule has 0 fully saturated rings. The van der Waals surface area contributed by atoms with Crippen LogP contribution in [0.25, 0.3) is 0 Å². The van der Waals surface area contributed by atoms with Gasteiger partial charge < -0.3 is 5.73 Å². The lowest BCUT2D eigenvalue weighted by atomic mass is 10.2. The van der Waals surface area contributed by atoms with Crippen LogP contribution in [0.15, 0.2) is 28.7 Å². The fourth-order valence-electron chi connectivity index (χ4n) is 0.873. The first-order chi connectivity index (χ1) is 7.00. The maximum atomic E-state index is 11.6. The van der Waals surface area contributed by atoms with E-state index in [1.807, 2.05) is 0 Å². The zero-order valence-corrected chi connectivity index (χ0v) is 10.4. The molecule has 0 aliphatic rings. The highest BCUT2D eigenvalue weighted by Gasteiger charge is 2.07. The summed E-state index contributed by atoms with van der Waals surface area (Å²) in [7, 11) is 1.58. The lowest BCUT2D eigenvalue weighted by Gasteiger charge is -2.17. The van der Waals surface area contributed by atoms with Gasteiger partial charge in [-0.15, -0.1) is 0 Å². The van der Waals surface area contributed by atoms with Gasteiger partial charge in [-0.05, 0) is 36.5 Å². The molecular formula is C9H10BrN3OS. The Morgan fingerprint density at radius 1 is 1.47 bits per heavy atom. The van der Waals surface area contributed by atoms with E-state index in [2.05, 4.69) is 33.6 Å². The summed E-state index contributed by atoms with van der Waals surface area (Å²) < 4.78 is 0.918. The van der Waals surface area contributed by atoms with Crippen LogP contribution in [0.4, 0.5) is 0 Å². The Balaban J connectivity index is 2.69. The molecule has 0 atom stereocenters. The Labute approximate surface area is 102 Å². The number of nitrogens with zero attached hydrogens (tertiary/aromatic N) is 1. The van der Waals surface area contributed by atoms with Crippen LogP contribution in [-0.4, -0.2) is 23.1 Å². The molecule has 0 aromatic heterocycles. The number of amides is 1. The molecule has 0 saturated carbocycles. The summed E-state index contributed by atoms with van der Waals surface area (Å²) in [6.45, 7) is 0. The minimum absolute atomic E-state index is 0.112. The quantitative estimate of drug-likeness (QED) is 0.603. The van der Waals surface area contributed by atoms with Gasteiger partial charge in [-0.3, -0.25) is 15.2 Å². The predicted octanol–water partition coefficient (Wildman–Crippen LogP) is 1.27. The summed E-state index contributed by atoms with van der Waals surface area (Å²) in [6, 6.07) is 6.98. The first kappa shape index (κ1) is 11.9. The molecule has 6 heteroatoms. The van der Waals surface area contributed by atoms with Crippen LogP contribution in [-0.2, 0) is 0 Å². The van der Waals surface area contributed by atoms with Crippen LogP contribution in [0, 0.1) is 0 Å². The standard InChI is InChI=1S/C9H10BrN3OS/c1-13(9(11)15)12-8(14)6-2-4-7(10)5-3-6/h2-5H,1H3,(H2,11,15)(H,12,14). The second-order valence-corrected chi connectivity index (χ2v) is 4.18. The van der Waals surface area contributed by atoms with Gasteiger partial charge in [0.15, 0.2) is 5.11 Å². The van der Waals surface area contributed by atoms with Crippen LogP contribution in [0.2, 0.25) is 0 Å². The average Bonchev–Trinajstić information content (AvgIpc) is 2.18. The third-order valence-electron chi connectivity index (χ3n) is 1.71. The molecule has 0 heterocycles. The number of hydrogen-bond donors (Lipinski definition) is 2. The largest absolute Gasteiger partial charge is 0.375 e. The minimum Gasteiger partial charge on any atom is -0.375 e. The molecule has 1 rings (SSSR count). The van der Waals surface area contributed by atoms with Crippen molar-refractivity contribution in [2.75, 3.05) is 7.05 Å². The van der Waals surface area contributed by atoms with Gasteiger partial charge in [-0.2, -0.15) is 0 Å². The number of hydrogen-bond acceptors (Lipinski definition) is 2. The van der Waals surface area contributed by atoms with Crippen molar-refractivity contribution in [3.8, 4) is 0 Å². The van der Waals surface area contributed by atoms with Crippen molar-refractivity contribution in [3.05, 3.63) is 34.3 Å². The third-order valence-corrected chi connectivity index (χ3v) is 2.51. The zero-order valence-electron chi connectivity index (χ0n) is 8.03. The van der Waals surface area contributed by atoms with Gasteiger partial charge in [-0.25, -0.2) is 0 Å². The predicted molar refractivity (Wildman–Crippen MR) is 66.2 cm³/mol. The highest BCUT2D eigenvalue weighted by Crippen LogP contribution is 2.10. The summed E-state index contributed by atoms with van der Waals surface area (Å²) in [5.41, 5.74) is 8.39. The van der Waals surface area contributed by atoms with Gasteiger partial charge in [0.2, 0.25) is 0 Å². The lowest BCUT2D eigenvalue weighted by Crippen LogP contribution is -2.45. The summed E-state index contributed by atoms with van der Waals surface area (Å²) in [5, 5.41) is 1.40. The maximum absolute atomic E-state index is 11.6. The van der Waals surface area contributed by atoms with E-state index in [0.29, 0.717) is 5.56 Å². The Kier molecular flexibility index (Phi) is 4.05. The Hall–Kier alpha value is -1.14. The molecule has 0 saturated heterocycles. The van der Waals surface area contributed by atoms with Gasteiger partial charge in [0.1, 0.15) is 0 Å². The molecule has 4 nitrogen and oxygen atoms in total. The summed E-state index contributed by atoms with van der Waals surface area (Å²) in [4.78, 5) is 11.6. The molecule has 80 valence electrons. The number of nitrogens with two attached hydrogens (primary N) is 1. The molecule has 0 radical (unpaired) electrons. The molecule has 0 unspecified atom stereocenters. The van der Waals surface area contributed by atoms with Crippen molar-refractivity contribution in [2.45, 2.75) is 0 Å². The van der Waals surface area contributed by atoms with Crippen molar-refractivity contribution in [3.63, 3.8) is 0 Å². The van der Waals surface area contributed by atoms with Gasteiger partial charge in [0.25, 0.3) is 5.91 Å². The van der Waals surface area contributed by atoms with Crippen LogP contribution >= 0.6 is 28.1 Å². The van der Waals surface area contributed by atoms with Crippen molar-refractivity contribution >= 4 is 39.2 Å². The minimum atomic E-state index is -0.252. The highest BCUT2D eigenvalue weighted by molar-refractivity contribution is 9.10. The van der Waals surface area contributed by atoms with E-state index in [1.165, 1.54) is 5.01 Å². The number of halogens is 1. The van der Waals surface area contributed by atoms with E-state index in [0.717, 1.165) is 4.47 Å². The van der Waals surface area contributed by atoms with E-state index in [-0.39, 0.29) is 11.0 Å². The Morgan fingerprint density at radius 2 is 2.00 bits per heavy atom. The first-order valence-electron chi connectivity index (χ1n) is 4.10. The van der Waals surface area contributed by atoms with Gasteiger partial charge in [0.05, 0.1) is 0 Å². The Morgan fingerprint density at radius 3 is 2.47 bits per heavy atom. The number of carbonyl (C=O) groups excluding carboxylic acids is 1. The SMILES string of the molecule is CN(NC(=O)c1ccc(Br)cc1)C(N)=S. The number of carbonyl (C=O) groups is 1. The molecule has 0 spiro atoms. The zero-order chi connectivity index (χ0) is 11.4. The Bertz CT molecular complexity index is 379. The topological polar surface area (TPSA) is 58.4 Å². The number of nitrogens with one attached hydrogen (secondary N) is 1. The number of rotatable bonds is 1. The molecule has 0 aliphatic heterocycles. The lowest BCUT2D eigenvalue weighted by molar-refractivity contribution is 0.0888. The molecular weight excluding hydrogens is 278 g/mol. The number of hydrazine groups is 1. The van der Waals surface area contributed by atoms with Crippen molar-refractivity contribution < 1.29 is 4.79 Å². The van der Waals surface area contributed by atoms with Crippen LogP contribution in [0.1, 0.15) is 10.4 Å². The molecule has 0 bridgehead atoms. The number of thiocarbonyl (C=S) groups is 1. The first-order valence-corrected chi connectivity index (χ1v) is 5.30. The normalized spacial score (nSPS) is 9.47. The van der Waals surface area contributed by atoms with E-state index in [4.69, 9.17) is 5.73 Å². The maximum Gasteiger partial charge on any atom is 0.269 e. The van der Waals surface area contributed by atoms with Crippen molar-refractivity contribution in [1.82, 2.24) is 10.4 Å². The fraction of sp³-hybridized carbons (Fsp3) is 0.111. The monoisotopic (exact) mass is 287 g/mol.